The summed E-state index contributed by atoms with van der Waals surface area (Å²) in [5.41, 5.74) is 6.14. The highest BCUT2D eigenvalue weighted by Crippen LogP contribution is 2.32. The fourth-order valence-corrected chi connectivity index (χ4v) is 2.66. The van der Waals surface area contributed by atoms with Crippen LogP contribution in [0.1, 0.15) is 29.6 Å². The van der Waals surface area contributed by atoms with Gasteiger partial charge in [-0.05, 0) is 37.5 Å². The molecule has 6 heteroatoms. The maximum absolute atomic E-state index is 11.3. The first-order valence-corrected chi connectivity index (χ1v) is 6.47. The molecule has 0 radical (unpaired) electrons. The standard InChI is InChI=1S/C13H15ClN2O3/c14-9-7-8(12(15)17)4-5-10(9)16-6-2-1-3-11(16)13(18)19/h4-5,7,11H,1-3,6H2,(H2,15,17)(H,18,19). The Labute approximate surface area is 116 Å². The molecular formula is C13H15ClN2O3. The predicted octanol–water partition coefficient (Wildman–Crippen LogP) is 1.88. The van der Waals surface area contributed by atoms with Crippen LogP contribution in [0.5, 0.6) is 0 Å². The van der Waals surface area contributed by atoms with Gasteiger partial charge in [-0.15, -0.1) is 0 Å². The van der Waals surface area contributed by atoms with Gasteiger partial charge >= 0.3 is 5.97 Å². The van der Waals surface area contributed by atoms with Gasteiger partial charge in [-0.1, -0.05) is 11.6 Å². The predicted molar refractivity (Wildman–Crippen MR) is 72.6 cm³/mol. The average molecular weight is 283 g/mol. The van der Waals surface area contributed by atoms with Crippen molar-refractivity contribution in [3.05, 3.63) is 28.8 Å². The molecule has 1 aromatic rings. The molecule has 1 aromatic carbocycles. The molecule has 1 fully saturated rings. The summed E-state index contributed by atoms with van der Waals surface area (Å²) in [6.07, 6.45) is 2.42. The van der Waals surface area contributed by atoms with E-state index in [1.54, 1.807) is 17.0 Å². The van der Waals surface area contributed by atoms with Gasteiger partial charge in [0, 0.05) is 12.1 Å². The van der Waals surface area contributed by atoms with Crippen molar-refractivity contribution in [2.75, 3.05) is 11.4 Å². The van der Waals surface area contributed by atoms with E-state index in [9.17, 15) is 14.7 Å². The Morgan fingerprint density at radius 1 is 1.37 bits per heavy atom. The number of carbonyl (C=O) groups is 2. The molecule has 1 heterocycles. The van der Waals surface area contributed by atoms with E-state index in [0.29, 0.717) is 29.2 Å². The van der Waals surface area contributed by atoms with Crippen molar-refractivity contribution in [1.82, 2.24) is 0 Å². The Hall–Kier alpha value is -1.75. The number of carboxylic acid groups (broad SMARTS) is 1. The van der Waals surface area contributed by atoms with E-state index in [4.69, 9.17) is 17.3 Å². The normalized spacial score (nSPS) is 19.2. The number of halogens is 1. The van der Waals surface area contributed by atoms with E-state index < -0.39 is 17.9 Å². The summed E-state index contributed by atoms with van der Waals surface area (Å²) in [6.45, 7) is 0.645. The quantitative estimate of drug-likeness (QED) is 0.887. The topological polar surface area (TPSA) is 83.6 Å². The van der Waals surface area contributed by atoms with Gasteiger partial charge in [0.2, 0.25) is 5.91 Å². The molecule has 3 N–H and O–H groups in total. The zero-order valence-corrected chi connectivity index (χ0v) is 11.1. The Balaban J connectivity index is 2.34. The van der Waals surface area contributed by atoms with Crippen LogP contribution in [0, 0.1) is 0 Å². The van der Waals surface area contributed by atoms with E-state index in [1.807, 2.05) is 0 Å². The second-order valence-corrected chi connectivity index (χ2v) is 4.98. The van der Waals surface area contributed by atoms with Crippen molar-refractivity contribution >= 4 is 29.2 Å². The van der Waals surface area contributed by atoms with Gasteiger partial charge in [-0.3, -0.25) is 4.79 Å². The average Bonchev–Trinajstić information content (AvgIpc) is 2.38. The number of hydrogen-bond acceptors (Lipinski definition) is 3. The fourth-order valence-electron chi connectivity index (χ4n) is 2.37. The van der Waals surface area contributed by atoms with Crippen LogP contribution in [0.2, 0.25) is 5.02 Å². The van der Waals surface area contributed by atoms with Crippen LogP contribution >= 0.6 is 11.6 Å². The van der Waals surface area contributed by atoms with Crippen molar-refractivity contribution in [2.24, 2.45) is 5.73 Å². The molecular weight excluding hydrogens is 268 g/mol. The lowest BCUT2D eigenvalue weighted by molar-refractivity contribution is -0.139. The van der Waals surface area contributed by atoms with E-state index in [2.05, 4.69) is 0 Å². The molecule has 2 rings (SSSR count). The first-order chi connectivity index (χ1) is 9.00. The van der Waals surface area contributed by atoms with Crippen LogP contribution in [0.3, 0.4) is 0 Å². The second kappa shape index (κ2) is 5.48. The molecule has 0 aliphatic carbocycles. The molecule has 0 spiro atoms. The van der Waals surface area contributed by atoms with Gasteiger partial charge in [0.05, 0.1) is 10.7 Å². The third-order valence-corrected chi connectivity index (χ3v) is 3.63. The van der Waals surface area contributed by atoms with E-state index in [1.165, 1.54) is 6.07 Å². The molecule has 1 aliphatic rings. The number of rotatable bonds is 3. The van der Waals surface area contributed by atoms with Crippen LogP contribution in [0.25, 0.3) is 0 Å². The zero-order chi connectivity index (χ0) is 14.0. The summed E-state index contributed by atoms with van der Waals surface area (Å²) in [5, 5.41) is 9.60. The fraction of sp³-hybridized carbons (Fsp3) is 0.385. The molecule has 1 aliphatic heterocycles. The van der Waals surface area contributed by atoms with Crippen LogP contribution in [-0.4, -0.2) is 29.6 Å². The van der Waals surface area contributed by atoms with E-state index in [0.717, 1.165) is 12.8 Å². The number of carboxylic acids is 1. The lowest BCUT2D eigenvalue weighted by Crippen LogP contribution is -2.44. The highest BCUT2D eigenvalue weighted by molar-refractivity contribution is 6.33. The van der Waals surface area contributed by atoms with Crippen molar-refractivity contribution in [1.29, 1.82) is 0 Å². The number of piperidine rings is 1. The number of amides is 1. The van der Waals surface area contributed by atoms with E-state index in [-0.39, 0.29) is 0 Å². The Morgan fingerprint density at radius 2 is 2.11 bits per heavy atom. The van der Waals surface area contributed by atoms with Crippen molar-refractivity contribution in [2.45, 2.75) is 25.3 Å². The van der Waals surface area contributed by atoms with Gasteiger partial charge in [-0.2, -0.15) is 0 Å². The first-order valence-electron chi connectivity index (χ1n) is 6.09. The summed E-state index contributed by atoms with van der Waals surface area (Å²) in [5.74, 6) is -1.41. The van der Waals surface area contributed by atoms with Crippen LogP contribution < -0.4 is 10.6 Å². The van der Waals surface area contributed by atoms with Gasteiger partial charge in [0.15, 0.2) is 0 Å². The Morgan fingerprint density at radius 3 is 2.68 bits per heavy atom. The number of aliphatic carboxylic acids is 1. The van der Waals surface area contributed by atoms with Crippen LogP contribution in [0.4, 0.5) is 5.69 Å². The molecule has 5 nitrogen and oxygen atoms in total. The monoisotopic (exact) mass is 282 g/mol. The van der Waals surface area contributed by atoms with E-state index >= 15 is 0 Å². The minimum absolute atomic E-state index is 0.317. The number of nitrogens with zero attached hydrogens (tertiary/aromatic N) is 1. The molecule has 1 atom stereocenters. The highest BCUT2D eigenvalue weighted by Gasteiger charge is 2.29. The minimum atomic E-state index is -0.852. The van der Waals surface area contributed by atoms with Crippen molar-refractivity contribution in [3.8, 4) is 0 Å². The number of hydrogen-bond donors (Lipinski definition) is 2. The second-order valence-electron chi connectivity index (χ2n) is 4.57. The first kappa shape index (κ1) is 13.7. The van der Waals surface area contributed by atoms with Gasteiger partial charge in [0.25, 0.3) is 0 Å². The molecule has 19 heavy (non-hydrogen) atoms. The van der Waals surface area contributed by atoms with Gasteiger partial charge in [-0.25, -0.2) is 4.79 Å². The maximum atomic E-state index is 11.3. The largest absolute Gasteiger partial charge is 0.480 e. The number of benzene rings is 1. The van der Waals surface area contributed by atoms with Crippen LogP contribution in [-0.2, 0) is 4.79 Å². The zero-order valence-electron chi connectivity index (χ0n) is 10.3. The summed E-state index contributed by atoms with van der Waals surface area (Å²) in [6, 6.07) is 4.14. The SMILES string of the molecule is NC(=O)c1ccc(N2CCCCC2C(=O)O)c(Cl)c1. The highest BCUT2D eigenvalue weighted by atomic mass is 35.5. The van der Waals surface area contributed by atoms with Gasteiger partial charge in [0.1, 0.15) is 6.04 Å². The number of anilines is 1. The van der Waals surface area contributed by atoms with Crippen LogP contribution in [0.15, 0.2) is 18.2 Å². The molecule has 1 unspecified atom stereocenters. The third-order valence-electron chi connectivity index (χ3n) is 3.33. The molecule has 0 bridgehead atoms. The van der Waals surface area contributed by atoms with Crippen molar-refractivity contribution in [3.63, 3.8) is 0 Å². The summed E-state index contributed by atoms with van der Waals surface area (Å²) < 4.78 is 0. The minimum Gasteiger partial charge on any atom is -0.480 e. The van der Waals surface area contributed by atoms with Gasteiger partial charge < -0.3 is 15.7 Å². The lowest BCUT2D eigenvalue weighted by atomic mass is 10.0. The summed E-state index contributed by atoms with van der Waals surface area (Å²) >= 11 is 6.13. The molecule has 0 aromatic heterocycles. The third kappa shape index (κ3) is 2.81. The lowest BCUT2D eigenvalue weighted by Gasteiger charge is -2.35. The number of nitrogens with two attached hydrogens (primary N) is 1. The maximum Gasteiger partial charge on any atom is 0.326 e. The Bertz CT molecular complexity index is 519. The van der Waals surface area contributed by atoms with Crippen molar-refractivity contribution < 1.29 is 14.7 Å². The Kier molecular flexibility index (Phi) is 3.95. The number of carbonyl (C=O) groups excluding carboxylic acids is 1. The summed E-state index contributed by atoms with van der Waals surface area (Å²) in [7, 11) is 0. The number of primary amides is 1. The molecule has 1 saturated heterocycles. The molecule has 1 amide bonds. The molecule has 102 valence electrons. The molecule has 0 saturated carbocycles. The smallest absolute Gasteiger partial charge is 0.326 e. The summed E-state index contributed by atoms with van der Waals surface area (Å²) in [4.78, 5) is 24.1.